The Kier molecular flexibility index (Phi) is 4.22. The minimum absolute atomic E-state index is 0.443. The van der Waals surface area contributed by atoms with Gasteiger partial charge in [0.25, 0.3) is 0 Å². The van der Waals surface area contributed by atoms with Crippen molar-refractivity contribution in [3.63, 3.8) is 0 Å². The van der Waals surface area contributed by atoms with Crippen LogP contribution in [0.3, 0.4) is 0 Å². The van der Waals surface area contributed by atoms with Crippen LogP contribution in [-0.4, -0.2) is 42.8 Å². The third-order valence-corrected chi connectivity index (χ3v) is 4.23. The Morgan fingerprint density at radius 2 is 1.94 bits per heavy atom. The second-order valence-corrected chi connectivity index (χ2v) is 5.46. The summed E-state index contributed by atoms with van der Waals surface area (Å²) in [7, 11) is 1.82. The van der Waals surface area contributed by atoms with E-state index in [4.69, 9.17) is 10.5 Å². The van der Waals surface area contributed by atoms with E-state index in [0.29, 0.717) is 12.1 Å². The van der Waals surface area contributed by atoms with Crippen LogP contribution in [0.2, 0.25) is 0 Å². The molecule has 3 nitrogen and oxygen atoms in total. The smallest absolute Gasteiger partial charge is 0.0618 e. The number of hydrogen-bond acceptors (Lipinski definition) is 3. The standard InChI is InChI=1S/C13H26N2O/c1-3-4-13(9-16-2)15-11-5-6-12(15)8-10(14)7-11/h10-13H,3-9,14H2,1-2H3. The maximum absolute atomic E-state index is 6.11. The van der Waals surface area contributed by atoms with Gasteiger partial charge < -0.3 is 10.5 Å². The van der Waals surface area contributed by atoms with Gasteiger partial charge in [0.2, 0.25) is 0 Å². The van der Waals surface area contributed by atoms with Crippen LogP contribution in [0.1, 0.15) is 45.4 Å². The normalized spacial score (nSPS) is 36.6. The van der Waals surface area contributed by atoms with Gasteiger partial charge in [0.15, 0.2) is 0 Å². The Bertz CT molecular complexity index is 202. The quantitative estimate of drug-likeness (QED) is 0.776. The van der Waals surface area contributed by atoms with E-state index in [1.807, 2.05) is 7.11 Å². The van der Waals surface area contributed by atoms with Crippen molar-refractivity contribution in [2.24, 2.45) is 5.73 Å². The van der Waals surface area contributed by atoms with Crippen LogP contribution in [-0.2, 0) is 4.74 Å². The van der Waals surface area contributed by atoms with Crippen molar-refractivity contribution in [2.45, 2.75) is 69.6 Å². The summed E-state index contributed by atoms with van der Waals surface area (Å²) in [5.41, 5.74) is 6.11. The van der Waals surface area contributed by atoms with Crippen LogP contribution in [0.15, 0.2) is 0 Å². The zero-order valence-electron chi connectivity index (χ0n) is 10.7. The zero-order valence-corrected chi connectivity index (χ0v) is 10.7. The Morgan fingerprint density at radius 1 is 1.31 bits per heavy atom. The molecule has 2 bridgehead atoms. The molecule has 0 spiro atoms. The van der Waals surface area contributed by atoms with Crippen LogP contribution < -0.4 is 5.73 Å². The number of hydrogen-bond donors (Lipinski definition) is 1. The lowest BCUT2D eigenvalue weighted by Gasteiger charge is -2.42. The van der Waals surface area contributed by atoms with Crippen LogP contribution in [0, 0.1) is 0 Å². The Hall–Kier alpha value is -0.120. The molecule has 2 rings (SSSR count). The van der Waals surface area contributed by atoms with E-state index in [2.05, 4.69) is 11.8 Å². The van der Waals surface area contributed by atoms with Crippen molar-refractivity contribution in [3.8, 4) is 0 Å². The fourth-order valence-corrected chi connectivity index (χ4v) is 3.70. The van der Waals surface area contributed by atoms with Crippen molar-refractivity contribution < 1.29 is 4.74 Å². The zero-order chi connectivity index (χ0) is 11.5. The third kappa shape index (κ3) is 2.41. The van der Waals surface area contributed by atoms with Gasteiger partial charge in [0.1, 0.15) is 0 Å². The first kappa shape index (κ1) is 12.3. The molecule has 0 aromatic heterocycles. The van der Waals surface area contributed by atoms with Crippen molar-refractivity contribution in [1.82, 2.24) is 4.90 Å². The average molecular weight is 226 g/mol. The summed E-state index contributed by atoms with van der Waals surface area (Å²) in [4.78, 5) is 2.73. The molecule has 0 amide bonds. The Labute approximate surface area is 99.3 Å². The first-order valence-corrected chi connectivity index (χ1v) is 6.78. The van der Waals surface area contributed by atoms with Gasteiger partial charge in [-0.05, 0) is 32.1 Å². The van der Waals surface area contributed by atoms with Crippen LogP contribution in [0.5, 0.6) is 0 Å². The molecule has 3 unspecified atom stereocenters. The maximum atomic E-state index is 6.11. The largest absolute Gasteiger partial charge is 0.383 e. The van der Waals surface area contributed by atoms with E-state index in [9.17, 15) is 0 Å². The molecular formula is C13H26N2O. The minimum Gasteiger partial charge on any atom is -0.383 e. The molecule has 2 N–H and O–H groups in total. The number of nitrogens with zero attached hydrogens (tertiary/aromatic N) is 1. The Balaban J connectivity index is 2.01. The number of ether oxygens (including phenoxy) is 1. The van der Waals surface area contributed by atoms with Gasteiger partial charge in [0.05, 0.1) is 6.61 Å². The molecule has 2 fully saturated rings. The average Bonchev–Trinajstić information content (AvgIpc) is 2.51. The lowest BCUT2D eigenvalue weighted by atomic mass is 9.95. The number of methoxy groups -OCH3 is 1. The monoisotopic (exact) mass is 226 g/mol. The second-order valence-electron chi connectivity index (χ2n) is 5.46. The number of fused-ring (bicyclic) bond motifs is 2. The van der Waals surface area contributed by atoms with E-state index in [-0.39, 0.29) is 0 Å². The molecule has 94 valence electrons. The molecule has 0 saturated carbocycles. The first-order chi connectivity index (χ1) is 7.76. The highest BCUT2D eigenvalue weighted by molar-refractivity contribution is 4.99. The molecule has 3 atom stereocenters. The molecule has 0 radical (unpaired) electrons. The fraction of sp³-hybridized carbons (Fsp3) is 1.00. The van der Waals surface area contributed by atoms with Gasteiger partial charge in [-0.2, -0.15) is 0 Å². The summed E-state index contributed by atoms with van der Waals surface area (Å²) in [6.07, 6.45) is 7.59. The van der Waals surface area contributed by atoms with E-state index in [0.717, 1.165) is 18.7 Å². The van der Waals surface area contributed by atoms with E-state index in [1.165, 1.54) is 38.5 Å². The molecule has 2 aliphatic heterocycles. The van der Waals surface area contributed by atoms with Gasteiger partial charge in [-0.15, -0.1) is 0 Å². The van der Waals surface area contributed by atoms with Crippen LogP contribution in [0.25, 0.3) is 0 Å². The molecule has 16 heavy (non-hydrogen) atoms. The van der Waals surface area contributed by atoms with E-state index in [1.54, 1.807) is 0 Å². The van der Waals surface area contributed by atoms with Gasteiger partial charge >= 0.3 is 0 Å². The fourth-order valence-electron chi connectivity index (χ4n) is 3.70. The predicted octanol–water partition coefficient (Wildman–Crippen LogP) is 1.76. The molecule has 0 aliphatic carbocycles. The Morgan fingerprint density at radius 3 is 2.44 bits per heavy atom. The highest BCUT2D eigenvalue weighted by Crippen LogP contribution is 2.37. The van der Waals surface area contributed by atoms with Crippen molar-refractivity contribution in [2.75, 3.05) is 13.7 Å². The maximum Gasteiger partial charge on any atom is 0.0618 e. The molecule has 2 saturated heterocycles. The van der Waals surface area contributed by atoms with Crippen molar-refractivity contribution >= 4 is 0 Å². The molecule has 0 aromatic rings. The van der Waals surface area contributed by atoms with Gasteiger partial charge in [-0.25, -0.2) is 0 Å². The number of rotatable bonds is 5. The van der Waals surface area contributed by atoms with Gasteiger partial charge in [-0.3, -0.25) is 4.90 Å². The first-order valence-electron chi connectivity index (χ1n) is 6.78. The number of nitrogens with two attached hydrogens (primary N) is 1. The van der Waals surface area contributed by atoms with Gasteiger partial charge in [-0.1, -0.05) is 13.3 Å². The minimum atomic E-state index is 0.443. The van der Waals surface area contributed by atoms with Crippen molar-refractivity contribution in [1.29, 1.82) is 0 Å². The highest BCUT2D eigenvalue weighted by Gasteiger charge is 2.42. The van der Waals surface area contributed by atoms with Crippen LogP contribution >= 0.6 is 0 Å². The second kappa shape index (κ2) is 5.48. The van der Waals surface area contributed by atoms with Gasteiger partial charge in [0, 0.05) is 31.3 Å². The lowest BCUT2D eigenvalue weighted by Crippen LogP contribution is -2.53. The summed E-state index contributed by atoms with van der Waals surface area (Å²) in [6.45, 7) is 3.15. The molecule has 2 heterocycles. The predicted molar refractivity (Wildman–Crippen MR) is 66.4 cm³/mol. The van der Waals surface area contributed by atoms with Crippen LogP contribution in [0.4, 0.5) is 0 Å². The third-order valence-electron chi connectivity index (χ3n) is 4.23. The summed E-state index contributed by atoms with van der Waals surface area (Å²) in [5.74, 6) is 0. The summed E-state index contributed by atoms with van der Waals surface area (Å²) in [5, 5.41) is 0. The van der Waals surface area contributed by atoms with E-state index < -0.39 is 0 Å². The molecule has 2 aliphatic rings. The molecule has 0 aromatic carbocycles. The molecular weight excluding hydrogens is 200 g/mol. The SMILES string of the molecule is CCCC(COC)N1C2CCC1CC(N)C2. The topological polar surface area (TPSA) is 38.5 Å². The van der Waals surface area contributed by atoms with E-state index >= 15 is 0 Å². The summed E-state index contributed by atoms with van der Waals surface area (Å²) >= 11 is 0. The molecule has 3 heteroatoms. The lowest BCUT2D eigenvalue weighted by molar-refractivity contribution is 0.0252. The number of piperidine rings is 1. The van der Waals surface area contributed by atoms with Crippen molar-refractivity contribution in [3.05, 3.63) is 0 Å². The highest BCUT2D eigenvalue weighted by atomic mass is 16.5. The summed E-state index contributed by atoms with van der Waals surface area (Å²) < 4.78 is 5.39. The summed E-state index contributed by atoms with van der Waals surface area (Å²) in [6, 6.07) is 2.54.